The average Bonchev–Trinajstić information content (AvgIpc) is 2.15. The number of hydrogen-bond donors (Lipinski definition) is 3. The largest absolute Gasteiger partial charge is 0.478 e. The van der Waals surface area contributed by atoms with Crippen LogP contribution in [0.2, 0.25) is 0 Å². The van der Waals surface area contributed by atoms with Crippen LogP contribution in [0.3, 0.4) is 0 Å². The molecular weight excluding hydrogens is 196 g/mol. The fourth-order valence-corrected chi connectivity index (χ4v) is 1.07. The Hall–Kier alpha value is -2.30. The Morgan fingerprint density at radius 1 is 1.20 bits per heavy atom. The van der Waals surface area contributed by atoms with Crippen LogP contribution in [0.5, 0.6) is 0 Å². The van der Waals surface area contributed by atoms with Crippen molar-refractivity contribution >= 4 is 23.1 Å². The van der Waals surface area contributed by atoms with Crippen LogP contribution in [-0.4, -0.2) is 17.0 Å². The molecule has 1 amide bonds. The molecular formula is C10H10N2O3. The van der Waals surface area contributed by atoms with Crippen molar-refractivity contribution in [1.82, 2.24) is 0 Å². The zero-order chi connectivity index (χ0) is 11.4. The molecule has 0 bridgehead atoms. The molecule has 1 aromatic carbocycles. The summed E-state index contributed by atoms with van der Waals surface area (Å²) in [6.07, 6.45) is 0.869. The third-order valence-corrected chi connectivity index (χ3v) is 1.74. The summed E-state index contributed by atoms with van der Waals surface area (Å²) in [7, 11) is 0. The molecule has 1 rings (SSSR count). The molecule has 5 nitrogen and oxygen atoms in total. The van der Waals surface area contributed by atoms with Crippen molar-refractivity contribution < 1.29 is 14.7 Å². The van der Waals surface area contributed by atoms with Gasteiger partial charge in [0, 0.05) is 11.8 Å². The summed E-state index contributed by atoms with van der Waals surface area (Å²) in [6.45, 7) is 0. The molecule has 0 aromatic heterocycles. The lowest BCUT2D eigenvalue weighted by molar-refractivity contribution is -0.130. The normalized spacial score (nSPS) is 11.1. The fraction of sp³-hybridized carbons (Fsp3) is 0. The first-order valence-corrected chi connectivity index (χ1v) is 4.11. The van der Waals surface area contributed by atoms with Gasteiger partial charge in [-0.1, -0.05) is 12.1 Å². The molecule has 0 saturated heterocycles. The van der Waals surface area contributed by atoms with E-state index in [4.69, 9.17) is 16.6 Å². The van der Waals surface area contributed by atoms with Crippen LogP contribution < -0.4 is 11.5 Å². The first-order chi connectivity index (χ1) is 7.00. The third-order valence-electron chi connectivity index (χ3n) is 1.74. The number of nitrogen functional groups attached to an aromatic ring is 1. The molecule has 5 N–H and O–H groups in total. The van der Waals surface area contributed by atoms with Gasteiger partial charge in [-0.3, -0.25) is 4.79 Å². The smallest absolute Gasteiger partial charge is 0.336 e. The summed E-state index contributed by atoms with van der Waals surface area (Å²) in [5, 5.41) is 8.84. The zero-order valence-corrected chi connectivity index (χ0v) is 7.81. The molecule has 0 saturated carbocycles. The Balaban J connectivity index is 3.16. The van der Waals surface area contributed by atoms with Gasteiger partial charge in [0.2, 0.25) is 5.91 Å². The van der Waals surface area contributed by atoms with Gasteiger partial charge in [0.1, 0.15) is 0 Å². The summed E-state index contributed by atoms with van der Waals surface area (Å²) in [5.41, 5.74) is 11.1. The number of hydrogen-bond acceptors (Lipinski definition) is 3. The molecule has 0 aliphatic heterocycles. The number of primary amides is 1. The van der Waals surface area contributed by atoms with Gasteiger partial charge < -0.3 is 16.6 Å². The highest BCUT2D eigenvalue weighted by Crippen LogP contribution is 2.16. The topological polar surface area (TPSA) is 106 Å². The van der Waals surface area contributed by atoms with Crippen LogP contribution in [0.25, 0.3) is 5.57 Å². The Kier molecular flexibility index (Phi) is 3.07. The Bertz CT molecular complexity index is 421. The fourth-order valence-electron chi connectivity index (χ4n) is 1.07. The van der Waals surface area contributed by atoms with E-state index in [1.807, 2.05) is 0 Å². The van der Waals surface area contributed by atoms with Gasteiger partial charge in [-0.05, 0) is 17.7 Å². The highest BCUT2D eigenvalue weighted by molar-refractivity contribution is 6.20. The molecule has 5 heteroatoms. The quantitative estimate of drug-likeness (QED) is 0.485. The van der Waals surface area contributed by atoms with Gasteiger partial charge >= 0.3 is 5.97 Å². The summed E-state index contributed by atoms with van der Waals surface area (Å²) in [6, 6.07) is 6.12. The lowest BCUT2D eigenvalue weighted by Crippen LogP contribution is -2.10. The van der Waals surface area contributed by atoms with Crippen molar-refractivity contribution in [2.45, 2.75) is 0 Å². The number of amides is 1. The second kappa shape index (κ2) is 4.28. The number of benzene rings is 1. The van der Waals surface area contributed by atoms with Crippen LogP contribution in [0.4, 0.5) is 5.69 Å². The maximum atomic E-state index is 10.8. The Morgan fingerprint density at radius 2 is 1.73 bits per heavy atom. The van der Waals surface area contributed by atoms with Gasteiger partial charge in [-0.2, -0.15) is 0 Å². The van der Waals surface area contributed by atoms with Crippen molar-refractivity contribution in [2.75, 3.05) is 5.73 Å². The lowest BCUT2D eigenvalue weighted by Gasteiger charge is -2.01. The van der Waals surface area contributed by atoms with E-state index in [0.29, 0.717) is 11.3 Å². The average molecular weight is 206 g/mol. The van der Waals surface area contributed by atoms with E-state index < -0.39 is 11.9 Å². The number of carbonyl (C=O) groups is 2. The predicted octanol–water partition coefficient (Wildman–Crippen LogP) is 0.222. The number of carboxylic acids is 1. The summed E-state index contributed by atoms with van der Waals surface area (Å²) in [5.74, 6) is -2.01. The van der Waals surface area contributed by atoms with Crippen molar-refractivity contribution in [2.24, 2.45) is 5.73 Å². The molecule has 0 radical (unpaired) electrons. The highest BCUT2D eigenvalue weighted by Gasteiger charge is 2.10. The van der Waals surface area contributed by atoms with Crippen LogP contribution >= 0.6 is 0 Å². The van der Waals surface area contributed by atoms with Crippen LogP contribution in [0.1, 0.15) is 5.56 Å². The van der Waals surface area contributed by atoms with Gasteiger partial charge in [-0.15, -0.1) is 0 Å². The molecule has 0 fully saturated rings. The van der Waals surface area contributed by atoms with E-state index in [0.717, 1.165) is 6.08 Å². The minimum absolute atomic E-state index is 0.150. The van der Waals surface area contributed by atoms with E-state index >= 15 is 0 Å². The lowest BCUT2D eigenvalue weighted by atomic mass is 10.1. The van der Waals surface area contributed by atoms with Gasteiger partial charge in [0.05, 0.1) is 5.57 Å². The standard InChI is InChI=1S/C10H10N2O3/c11-7-3-1-6(2-4-7)8(10(14)15)5-9(12)13/h1-5H,11H2,(H2,12,13)(H,14,15). The molecule has 0 aliphatic carbocycles. The summed E-state index contributed by atoms with van der Waals surface area (Å²) in [4.78, 5) is 21.4. The number of rotatable bonds is 3. The molecule has 1 aromatic rings. The van der Waals surface area contributed by atoms with E-state index in [2.05, 4.69) is 0 Å². The number of anilines is 1. The number of nitrogens with two attached hydrogens (primary N) is 2. The summed E-state index contributed by atoms with van der Waals surface area (Å²) >= 11 is 0. The Labute approximate surface area is 86.0 Å². The summed E-state index contributed by atoms with van der Waals surface area (Å²) < 4.78 is 0. The SMILES string of the molecule is NC(=O)C=C(C(=O)O)c1ccc(N)cc1. The monoisotopic (exact) mass is 206 g/mol. The maximum Gasteiger partial charge on any atom is 0.336 e. The number of aliphatic carboxylic acids is 1. The molecule has 0 heterocycles. The Morgan fingerprint density at radius 3 is 2.13 bits per heavy atom. The van der Waals surface area contributed by atoms with Crippen LogP contribution in [0.15, 0.2) is 30.3 Å². The minimum Gasteiger partial charge on any atom is -0.478 e. The number of carboxylic acid groups (broad SMARTS) is 1. The van der Waals surface area contributed by atoms with Crippen molar-refractivity contribution in [3.63, 3.8) is 0 Å². The van der Waals surface area contributed by atoms with Gasteiger partial charge in [0.15, 0.2) is 0 Å². The second-order valence-corrected chi connectivity index (χ2v) is 2.89. The molecule has 0 atom stereocenters. The zero-order valence-electron chi connectivity index (χ0n) is 7.81. The first-order valence-electron chi connectivity index (χ1n) is 4.11. The number of carbonyl (C=O) groups excluding carboxylic acids is 1. The van der Waals surface area contributed by atoms with Gasteiger partial charge in [0.25, 0.3) is 0 Å². The third kappa shape index (κ3) is 2.84. The van der Waals surface area contributed by atoms with E-state index in [1.54, 1.807) is 12.1 Å². The second-order valence-electron chi connectivity index (χ2n) is 2.89. The van der Waals surface area contributed by atoms with E-state index in [1.165, 1.54) is 12.1 Å². The predicted molar refractivity (Wildman–Crippen MR) is 55.7 cm³/mol. The molecule has 78 valence electrons. The van der Waals surface area contributed by atoms with E-state index in [9.17, 15) is 9.59 Å². The van der Waals surface area contributed by atoms with Crippen molar-refractivity contribution in [1.29, 1.82) is 0 Å². The molecule has 15 heavy (non-hydrogen) atoms. The van der Waals surface area contributed by atoms with E-state index in [-0.39, 0.29) is 5.57 Å². The molecule has 0 aliphatic rings. The molecule has 0 unspecified atom stereocenters. The molecule has 0 spiro atoms. The maximum absolute atomic E-state index is 10.8. The van der Waals surface area contributed by atoms with Crippen LogP contribution in [-0.2, 0) is 9.59 Å². The van der Waals surface area contributed by atoms with Crippen molar-refractivity contribution in [3.05, 3.63) is 35.9 Å². The van der Waals surface area contributed by atoms with Gasteiger partial charge in [-0.25, -0.2) is 4.79 Å². The van der Waals surface area contributed by atoms with Crippen LogP contribution in [0, 0.1) is 0 Å². The highest BCUT2D eigenvalue weighted by atomic mass is 16.4. The first kappa shape index (κ1) is 10.8. The van der Waals surface area contributed by atoms with Crippen molar-refractivity contribution in [3.8, 4) is 0 Å². The minimum atomic E-state index is -1.21.